The molecule has 0 aromatic heterocycles. The Morgan fingerprint density at radius 3 is 2.38 bits per heavy atom. The summed E-state index contributed by atoms with van der Waals surface area (Å²) in [5, 5.41) is 11.1. The van der Waals surface area contributed by atoms with Crippen molar-refractivity contribution in [3.63, 3.8) is 0 Å². The van der Waals surface area contributed by atoms with Crippen molar-refractivity contribution in [2.75, 3.05) is 0 Å². The predicted molar refractivity (Wildman–Crippen MR) is 153 cm³/mol. The van der Waals surface area contributed by atoms with Gasteiger partial charge in [-0.1, -0.05) is 45.4 Å². The highest BCUT2D eigenvalue weighted by atomic mass is 19.1. The van der Waals surface area contributed by atoms with Gasteiger partial charge >= 0.3 is 0 Å². The van der Waals surface area contributed by atoms with E-state index in [1.54, 1.807) is 19.1 Å². The molecule has 5 aliphatic rings. The van der Waals surface area contributed by atoms with Crippen molar-refractivity contribution in [1.29, 1.82) is 0 Å². The normalized spacial score (nSPS) is 45.0. The average Bonchev–Trinajstić information content (AvgIpc) is 3.39. The van der Waals surface area contributed by atoms with Gasteiger partial charge in [-0.05, 0) is 137 Å². The molecule has 4 aliphatic carbocycles. The number of fused-ring (bicyclic) bond motifs is 7. The first-order valence-corrected chi connectivity index (χ1v) is 16.2. The Morgan fingerprint density at radius 1 is 0.923 bits per heavy atom. The van der Waals surface area contributed by atoms with Gasteiger partial charge in [0.05, 0.1) is 17.8 Å². The third-order valence-electron chi connectivity index (χ3n) is 13.1. The lowest BCUT2D eigenvalue weighted by molar-refractivity contribution is -0.170. The van der Waals surface area contributed by atoms with E-state index >= 15 is 0 Å². The van der Waals surface area contributed by atoms with Gasteiger partial charge in [0, 0.05) is 5.56 Å². The van der Waals surface area contributed by atoms with Crippen molar-refractivity contribution >= 4 is 0 Å². The summed E-state index contributed by atoms with van der Waals surface area (Å²) >= 11 is 0. The summed E-state index contributed by atoms with van der Waals surface area (Å²) in [5.74, 6) is 3.84. The molecule has 1 aromatic rings. The molecule has 1 unspecified atom stereocenters. The molecule has 4 saturated carbocycles. The Hall–Kier alpha value is -0.970. The van der Waals surface area contributed by atoms with Crippen molar-refractivity contribution in [2.45, 2.75) is 136 Å². The first-order valence-electron chi connectivity index (χ1n) is 16.2. The average molecular weight is 541 g/mol. The number of aliphatic hydroxyl groups is 1. The van der Waals surface area contributed by atoms with E-state index in [9.17, 15) is 9.50 Å². The smallest absolute Gasteiger partial charge is 0.163 e. The standard InChI is InChI=1S/C35H53FO3/c1-22(10-9-19-35(6,37)27-11-7-8-12-29(27)36)24-15-16-25-23-13-14-28-31-30(38-32(2,3)39-31)18-21-34(28,5)26(23)17-20-33(24,25)4/h7-8,11-12,22-26,28,30-31,37H,9-10,13-21H2,1-6H3/t22-,23+,24-,25+,26+,28+,30+,31-,33-,34-,35?/m1/s1. The minimum atomic E-state index is -1.11. The molecular formula is C35H53FO3. The van der Waals surface area contributed by atoms with Gasteiger partial charge in [0.1, 0.15) is 5.82 Å². The minimum Gasteiger partial charge on any atom is -0.385 e. The molecule has 0 amide bonds. The minimum absolute atomic E-state index is 0.283. The van der Waals surface area contributed by atoms with Crippen molar-refractivity contribution in [3.05, 3.63) is 35.6 Å². The van der Waals surface area contributed by atoms with Gasteiger partial charge in [0.2, 0.25) is 0 Å². The topological polar surface area (TPSA) is 38.7 Å². The van der Waals surface area contributed by atoms with Crippen LogP contribution in [0.25, 0.3) is 0 Å². The maximum atomic E-state index is 14.3. The molecule has 5 fully saturated rings. The second kappa shape index (κ2) is 9.80. The van der Waals surface area contributed by atoms with Gasteiger partial charge in [-0.2, -0.15) is 0 Å². The van der Waals surface area contributed by atoms with Crippen LogP contribution in [0.3, 0.4) is 0 Å². The zero-order valence-corrected chi connectivity index (χ0v) is 25.3. The van der Waals surface area contributed by atoms with Gasteiger partial charge < -0.3 is 14.6 Å². The molecule has 3 nitrogen and oxygen atoms in total. The van der Waals surface area contributed by atoms with E-state index in [4.69, 9.17) is 9.47 Å². The molecule has 1 heterocycles. The molecule has 0 spiro atoms. The van der Waals surface area contributed by atoms with Gasteiger partial charge in [-0.3, -0.25) is 0 Å². The highest BCUT2D eigenvalue weighted by Gasteiger charge is 2.64. The Kier molecular flexibility index (Phi) is 7.08. The van der Waals surface area contributed by atoms with Crippen molar-refractivity contribution in [1.82, 2.24) is 0 Å². The molecule has 39 heavy (non-hydrogen) atoms. The van der Waals surface area contributed by atoms with Crippen molar-refractivity contribution in [2.24, 2.45) is 46.3 Å². The van der Waals surface area contributed by atoms with Crippen LogP contribution >= 0.6 is 0 Å². The molecule has 1 saturated heterocycles. The van der Waals surface area contributed by atoms with Crippen LogP contribution in [0, 0.1) is 52.2 Å². The molecule has 1 aromatic carbocycles. The number of hydrogen-bond acceptors (Lipinski definition) is 3. The van der Waals surface area contributed by atoms with Crippen LogP contribution in [-0.4, -0.2) is 23.1 Å². The lowest BCUT2D eigenvalue weighted by Gasteiger charge is -2.62. The fourth-order valence-electron chi connectivity index (χ4n) is 11.3. The highest BCUT2D eigenvalue weighted by molar-refractivity contribution is 5.23. The summed E-state index contributed by atoms with van der Waals surface area (Å²) in [7, 11) is 0. The molecule has 0 radical (unpaired) electrons. The van der Waals surface area contributed by atoms with Crippen LogP contribution < -0.4 is 0 Å². The maximum absolute atomic E-state index is 14.3. The van der Waals surface area contributed by atoms with Crippen LogP contribution in [0.15, 0.2) is 24.3 Å². The van der Waals surface area contributed by atoms with E-state index in [0.717, 1.165) is 42.9 Å². The summed E-state index contributed by atoms with van der Waals surface area (Å²) in [6.45, 7) is 13.7. The van der Waals surface area contributed by atoms with Crippen molar-refractivity contribution < 1.29 is 19.0 Å². The van der Waals surface area contributed by atoms with Gasteiger partial charge in [0.15, 0.2) is 5.79 Å². The summed E-state index contributed by atoms with van der Waals surface area (Å²) < 4.78 is 27.2. The third kappa shape index (κ3) is 4.63. The molecule has 11 atom stereocenters. The Balaban J connectivity index is 1.11. The predicted octanol–water partition coefficient (Wildman–Crippen LogP) is 8.63. The lowest BCUT2D eigenvalue weighted by atomic mass is 9.44. The second-order valence-corrected chi connectivity index (χ2v) is 15.6. The summed E-state index contributed by atoms with van der Waals surface area (Å²) in [6, 6.07) is 6.70. The van der Waals surface area contributed by atoms with Crippen LogP contribution in [-0.2, 0) is 15.1 Å². The number of benzene rings is 1. The van der Waals surface area contributed by atoms with Gasteiger partial charge in [0.25, 0.3) is 0 Å². The van der Waals surface area contributed by atoms with E-state index in [2.05, 4.69) is 34.6 Å². The first kappa shape index (κ1) is 28.2. The zero-order valence-electron chi connectivity index (χ0n) is 25.3. The van der Waals surface area contributed by atoms with Crippen LogP contribution in [0.4, 0.5) is 4.39 Å². The lowest BCUT2D eigenvalue weighted by Crippen LogP contribution is -2.57. The van der Waals surface area contributed by atoms with E-state index in [0.29, 0.717) is 40.8 Å². The summed E-state index contributed by atoms with van der Waals surface area (Å²) in [4.78, 5) is 0. The van der Waals surface area contributed by atoms with E-state index in [1.807, 2.05) is 6.07 Å². The molecule has 218 valence electrons. The number of hydrogen-bond donors (Lipinski definition) is 1. The molecule has 4 heteroatoms. The fraction of sp³-hybridized carbons (Fsp3) is 0.829. The molecular weight excluding hydrogens is 487 g/mol. The molecule has 0 bridgehead atoms. The molecule has 6 rings (SSSR count). The quantitative estimate of drug-likeness (QED) is 0.392. The van der Waals surface area contributed by atoms with E-state index in [-0.39, 0.29) is 11.9 Å². The first-order chi connectivity index (χ1) is 18.4. The second-order valence-electron chi connectivity index (χ2n) is 15.6. The van der Waals surface area contributed by atoms with Crippen LogP contribution in [0.5, 0.6) is 0 Å². The fourth-order valence-corrected chi connectivity index (χ4v) is 11.3. The molecule has 1 N–H and O–H groups in total. The highest BCUT2D eigenvalue weighted by Crippen LogP contribution is 2.69. The summed E-state index contributed by atoms with van der Waals surface area (Å²) in [6.07, 6.45) is 13.8. The van der Waals surface area contributed by atoms with Crippen LogP contribution in [0.1, 0.15) is 118 Å². The third-order valence-corrected chi connectivity index (χ3v) is 13.1. The number of rotatable bonds is 6. The zero-order chi connectivity index (χ0) is 27.8. The van der Waals surface area contributed by atoms with Gasteiger partial charge in [-0.25, -0.2) is 4.39 Å². The number of halogens is 1. The number of ether oxygens (including phenoxy) is 2. The van der Waals surface area contributed by atoms with Gasteiger partial charge in [-0.15, -0.1) is 0 Å². The SMILES string of the molecule is C[C@H](CCCC(C)(O)c1ccccc1F)[C@H]1CC[C@H]2[C@@H]3CC[C@H]4[C@H]5OC(C)(C)O[C@H]5CC[C@]4(C)[C@H]3CC[C@]12C. The Morgan fingerprint density at radius 2 is 1.62 bits per heavy atom. The van der Waals surface area contributed by atoms with E-state index in [1.165, 1.54) is 51.0 Å². The maximum Gasteiger partial charge on any atom is 0.163 e. The van der Waals surface area contributed by atoms with E-state index < -0.39 is 11.4 Å². The summed E-state index contributed by atoms with van der Waals surface area (Å²) in [5.41, 5.74) is 0.142. The largest absolute Gasteiger partial charge is 0.385 e. The molecule has 1 aliphatic heterocycles. The van der Waals surface area contributed by atoms with Crippen LogP contribution in [0.2, 0.25) is 0 Å². The monoisotopic (exact) mass is 540 g/mol. The Labute approximate surface area is 236 Å². The Bertz CT molecular complexity index is 1050. The van der Waals surface area contributed by atoms with Crippen molar-refractivity contribution in [3.8, 4) is 0 Å².